The first kappa shape index (κ1) is 15.1. The van der Waals surface area contributed by atoms with Crippen molar-refractivity contribution in [1.82, 2.24) is 0 Å². The van der Waals surface area contributed by atoms with Gasteiger partial charge in [-0.15, -0.1) is 0 Å². The summed E-state index contributed by atoms with van der Waals surface area (Å²) in [6.45, 7) is 1.70. The standard InChI is InChI=1S/C19H12FNO4/c1-10-14-9-12(20)3-5-16(14)25-18(10)19(23)21-13-4-6-15-11(8-13)2-7-17(22)24-15/h2-9H,1H3,(H,21,23). The van der Waals surface area contributed by atoms with Crippen molar-refractivity contribution in [3.05, 3.63) is 76.1 Å². The monoisotopic (exact) mass is 337 g/mol. The van der Waals surface area contributed by atoms with Crippen LogP contribution in [-0.2, 0) is 0 Å². The highest BCUT2D eigenvalue weighted by atomic mass is 19.1. The van der Waals surface area contributed by atoms with Crippen LogP contribution in [0.3, 0.4) is 0 Å². The lowest BCUT2D eigenvalue weighted by Gasteiger charge is -2.05. The van der Waals surface area contributed by atoms with Gasteiger partial charge in [-0.05, 0) is 49.4 Å². The van der Waals surface area contributed by atoms with Gasteiger partial charge in [-0.1, -0.05) is 0 Å². The fourth-order valence-corrected chi connectivity index (χ4v) is 2.75. The highest BCUT2D eigenvalue weighted by molar-refractivity contribution is 6.07. The Morgan fingerprint density at radius 3 is 2.64 bits per heavy atom. The first-order valence-electron chi connectivity index (χ1n) is 7.55. The van der Waals surface area contributed by atoms with Crippen LogP contribution in [0.2, 0.25) is 0 Å². The first-order chi connectivity index (χ1) is 12.0. The largest absolute Gasteiger partial charge is 0.451 e. The van der Waals surface area contributed by atoms with Gasteiger partial charge in [0.1, 0.15) is 17.0 Å². The Balaban J connectivity index is 1.69. The molecule has 0 spiro atoms. The number of amides is 1. The molecule has 4 aromatic rings. The van der Waals surface area contributed by atoms with E-state index in [0.29, 0.717) is 33.2 Å². The van der Waals surface area contributed by atoms with E-state index in [1.54, 1.807) is 31.2 Å². The quantitative estimate of drug-likeness (QED) is 0.555. The molecule has 6 heteroatoms. The number of anilines is 1. The average molecular weight is 337 g/mol. The van der Waals surface area contributed by atoms with Crippen LogP contribution in [0.25, 0.3) is 21.9 Å². The predicted molar refractivity (Wildman–Crippen MR) is 91.3 cm³/mol. The number of aryl methyl sites for hydroxylation is 1. The molecule has 0 aliphatic rings. The molecule has 0 aliphatic heterocycles. The fourth-order valence-electron chi connectivity index (χ4n) is 2.75. The molecular weight excluding hydrogens is 325 g/mol. The fraction of sp³-hybridized carbons (Fsp3) is 0.0526. The van der Waals surface area contributed by atoms with Crippen LogP contribution in [0.4, 0.5) is 10.1 Å². The zero-order valence-electron chi connectivity index (χ0n) is 13.1. The zero-order chi connectivity index (χ0) is 17.6. The molecule has 2 aromatic heterocycles. The third-order valence-corrected chi connectivity index (χ3v) is 3.98. The van der Waals surface area contributed by atoms with Gasteiger partial charge in [0.05, 0.1) is 0 Å². The molecule has 0 unspecified atom stereocenters. The van der Waals surface area contributed by atoms with Crippen LogP contribution in [0, 0.1) is 12.7 Å². The van der Waals surface area contributed by atoms with E-state index in [-0.39, 0.29) is 11.6 Å². The van der Waals surface area contributed by atoms with Crippen molar-refractivity contribution in [2.24, 2.45) is 0 Å². The number of carbonyl (C=O) groups is 1. The third-order valence-electron chi connectivity index (χ3n) is 3.98. The molecule has 1 amide bonds. The van der Waals surface area contributed by atoms with Crippen molar-refractivity contribution >= 4 is 33.5 Å². The second-order valence-corrected chi connectivity index (χ2v) is 5.66. The molecule has 0 bridgehead atoms. The number of benzene rings is 2. The smallest absolute Gasteiger partial charge is 0.336 e. The van der Waals surface area contributed by atoms with Crippen molar-refractivity contribution in [2.75, 3.05) is 5.32 Å². The summed E-state index contributed by atoms with van der Waals surface area (Å²) in [6, 6.07) is 12.0. The number of rotatable bonds is 2. The number of furan rings is 1. The van der Waals surface area contributed by atoms with E-state index in [2.05, 4.69) is 5.32 Å². The lowest BCUT2D eigenvalue weighted by atomic mass is 10.1. The van der Waals surface area contributed by atoms with E-state index < -0.39 is 11.5 Å². The second-order valence-electron chi connectivity index (χ2n) is 5.66. The van der Waals surface area contributed by atoms with E-state index in [9.17, 15) is 14.0 Å². The molecule has 2 heterocycles. The number of halogens is 1. The molecule has 0 atom stereocenters. The summed E-state index contributed by atoms with van der Waals surface area (Å²) in [4.78, 5) is 23.7. The Hall–Kier alpha value is -3.41. The summed E-state index contributed by atoms with van der Waals surface area (Å²) in [7, 11) is 0. The van der Waals surface area contributed by atoms with Gasteiger partial charge in [-0.25, -0.2) is 9.18 Å². The molecule has 4 rings (SSSR count). The Morgan fingerprint density at radius 1 is 1.00 bits per heavy atom. The number of nitrogens with one attached hydrogen (secondary N) is 1. The molecule has 0 saturated heterocycles. The molecule has 1 N–H and O–H groups in total. The summed E-state index contributed by atoms with van der Waals surface area (Å²) in [5.74, 6) is -0.703. The lowest BCUT2D eigenvalue weighted by Crippen LogP contribution is -2.12. The zero-order valence-corrected chi connectivity index (χ0v) is 13.1. The van der Waals surface area contributed by atoms with Gasteiger partial charge in [0.15, 0.2) is 5.76 Å². The van der Waals surface area contributed by atoms with Gasteiger partial charge in [-0.2, -0.15) is 0 Å². The minimum absolute atomic E-state index is 0.125. The number of hydrogen-bond acceptors (Lipinski definition) is 4. The third kappa shape index (κ3) is 2.67. The highest BCUT2D eigenvalue weighted by Crippen LogP contribution is 2.27. The summed E-state index contributed by atoms with van der Waals surface area (Å²) >= 11 is 0. The van der Waals surface area contributed by atoms with Crippen molar-refractivity contribution in [1.29, 1.82) is 0 Å². The van der Waals surface area contributed by atoms with E-state index in [4.69, 9.17) is 8.83 Å². The number of carbonyl (C=O) groups excluding carboxylic acids is 1. The molecular formula is C19H12FNO4. The lowest BCUT2D eigenvalue weighted by molar-refractivity contribution is 0.0998. The van der Waals surface area contributed by atoms with Gasteiger partial charge in [0, 0.05) is 28.1 Å². The van der Waals surface area contributed by atoms with Crippen LogP contribution in [0.5, 0.6) is 0 Å². The predicted octanol–water partition coefficient (Wildman–Crippen LogP) is 4.24. The molecule has 0 fully saturated rings. The van der Waals surface area contributed by atoms with Crippen molar-refractivity contribution in [3.63, 3.8) is 0 Å². The van der Waals surface area contributed by atoms with Gasteiger partial charge in [0.25, 0.3) is 5.91 Å². The van der Waals surface area contributed by atoms with Gasteiger partial charge in [-0.3, -0.25) is 4.79 Å². The summed E-state index contributed by atoms with van der Waals surface area (Å²) in [5, 5.41) is 3.98. The van der Waals surface area contributed by atoms with E-state index in [1.807, 2.05) is 0 Å². The van der Waals surface area contributed by atoms with Gasteiger partial charge >= 0.3 is 5.63 Å². The molecule has 0 aliphatic carbocycles. The molecule has 25 heavy (non-hydrogen) atoms. The Morgan fingerprint density at radius 2 is 1.80 bits per heavy atom. The Kier molecular flexibility index (Phi) is 3.39. The van der Waals surface area contributed by atoms with Crippen LogP contribution in [0.15, 0.2) is 62.2 Å². The van der Waals surface area contributed by atoms with Crippen LogP contribution >= 0.6 is 0 Å². The molecule has 2 aromatic carbocycles. The normalized spacial score (nSPS) is 11.1. The topological polar surface area (TPSA) is 72.5 Å². The molecule has 124 valence electrons. The maximum absolute atomic E-state index is 13.4. The van der Waals surface area contributed by atoms with Crippen LogP contribution in [-0.4, -0.2) is 5.91 Å². The van der Waals surface area contributed by atoms with E-state index in [0.717, 1.165) is 0 Å². The summed E-state index contributed by atoms with van der Waals surface area (Å²) in [6.07, 6.45) is 0. The van der Waals surface area contributed by atoms with E-state index >= 15 is 0 Å². The van der Waals surface area contributed by atoms with Crippen LogP contribution in [0.1, 0.15) is 16.1 Å². The average Bonchev–Trinajstić information content (AvgIpc) is 2.91. The molecule has 0 radical (unpaired) electrons. The molecule has 5 nitrogen and oxygen atoms in total. The summed E-state index contributed by atoms with van der Waals surface area (Å²) < 4.78 is 24.0. The maximum atomic E-state index is 13.4. The van der Waals surface area contributed by atoms with Crippen LogP contribution < -0.4 is 10.9 Å². The number of fused-ring (bicyclic) bond motifs is 2. The minimum atomic E-state index is -0.439. The Labute approximate surface area is 140 Å². The van der Waals surface area contributed by atoms with Crippen molar-refractivity contribution in [2.45, 2.75) is 6.92 Å². The number of hydrogen-bond donors (Lipinski definition) is 1. The van der Waals surface area contributed by atoms with Crippen molar-refractivity contribution < 1.29 is 18.0 Å². The maximum Gasteiger partial charge on any atom is 0.336 e. The van der Waals surface area contributed by atoms with E-state index in [1.165, 1.54) is 24.3 Å². The minimum Gasteiger partial charge on any atom is -0.451 e. The molecule has 0 saturated carbocycles. The SMILES string of the molecule is Cc1c(C(=O)Nc2ccc3oc(=O)ccc3c2)oc2ccc(F)cc12. The van der Waals surface area contributed by atoms with Crippen molar-refractivity contribution in [3.8, 4) is 0 Å². The Bertz CT molecular complexity index is 1190. The first-order valence-corrected chi connectivity index (χ1v) is 7.55. The second kappa shape index (κ2) is 5.59. The highest BCUT2D eigenvalue weighted by Gasteiger charge is 2.18. The van der Waals surface area contributed by atoms with Gasteiger partial charge in [0.2, 0.25) is 0 Å². The van der Waals surface area contributed by atoms with Gasteiger partial charge < -0.3 is 14.2 Å². The summed E-state index contributed by atoms with van der Waals surface area (Å²) in [5.41, 5.74) is 1.54.